The van der Waals surface area contributed by atoms with E-state index in [0.717, 1.165) is 6.42 Å². The molecule has 0 aliphatic heterocycles. The van der Waals surface area contributed by atoms with Crippen LogP contribution in [-0.2, 0) is 9.53 Å². The van der Waals surface area contributed by atoms with Crippen molar-refractivity contribution in [3.63, 3.8) is 0 Å². The van der Waals surface area contributed by atoms with Gasteiger partial charge in [0.05, 0.1) is 5.56 Å². The van der Waals surface area contributed by atoms with Gasteiger partial charge < -0.3 is 15.8 Å². The molecule has 6 heteroatoms. The maximum atomic E-state index is 11.9. The molecule has 1 amide bonds. The number of rotatable bonds is 5. The van der Waals surface area contributed by atoms with Crippen LogP contribution in [0.2, 0.25) is 0 Å². The lowest BCUT2D eigenvalue weighted by Crippen LogP contribution is -2.40. The second-order valence-electron chi connectivity index (χ2n) is 4.64. The van der Waals surface area contributed by atoms with E-state index in [1.165, 1.54) is 13.0 Å². The zero-order valence-corrected chi connectivity index (χ0v) is 13.4. The molecule has 1 aromatic carbocycles. The van der Waals surface area contributed by atoms with Gasteiger partial charge in [0.2, 0.25) is 0 Å². The number of anilines is 1. The molecule has 110 valence electrons. The molecule has 0 aliphatic carbocycles. The molecule has 0 aliphatic rings. The van der Waals surface area contributed by atoms with E-state index < -0.39 is 12.1 Å². The Morgan fingerprint density at radius 3 is 2.55 bits per heavy atom. The molecule has 0 saturated heterocycles. The highest BCUT2D eigenvalue weighted by atomic mass is 79.9. The molecule has 0 spiro atoms. The van der Waals surface area contributed by atoms with Crippen molar-refractivity contribution in [3.05, 3.63) is 28.2 Å². The topological polar surface area (TPSA) is 81.4 Å². The summed E-state index contributed by atoms with van der Waals surface area (Å²) < 4.78 is 5.81. The number of esters is 1. The Hall–Kier alpha value is -1.56. The first-order valence-electron chi connectivity index (χ1n) is 6.41. The Bertz CT molecular complexity index is 485. The molecular weight excluding hydrogens is 324 g/mol. The Kier molecular flexibility index (Phi) is 6.01. The van der Waals surface area contributed by atoms with Gasteiger partial charge in [0, 0.05) is 16.2 Å². The van der Waals surface area contributed by atoms with Crippen molar-refractivity contribution in [1.29, 1.82) is 0 Å². The summed E-state index contributed by atoms with van der Waals surface area (Å²) in [4.78, 5) is 23.7. The van der Waals surface area contributed by atoms with Gasteiger partial charge in [-0.1, -0.05) is 22.9 Å². The molecule has 1 aromatic rings. The summed E-state index contributed by atoms with van der Waals surface area (Å²) in [6.45, 7) is 5.39. The lowest BCUT2D eigenvalue weighted by atomic mass is 10.2. The Morgan fingerprint density at radius 1 is 1.35 bits per heavy atom. The largest absolute Gasteiger partial charge is 0.449 e. The van der Waals surface area contributed by atoms with E-state index in [9.17, 15) is 9.59 Å². The fourth-order valence-corrected chi connectivity index (χ4v) is 1.99. The van der Waals surface area contributed by atoms with Crippen LogP contribution in [0.3, 0.4) is 0 Å². The number of halogens is 1. The number of carbonyl (C=O) groups excluding carboxylic acids is 2. The molecule has 0 saturated carbocycles. The summed E-state index contributed by atoms with van der Waals surface area (Å²) in [6.07, 6.45) is -0.0362. The standard InChI is InChI=1S/C14H19BrN2O3/c1-4-8(2)17-13(18)9(3)20-14(19)10-5-11(15)7-12(16)6-10/h5-9H,4,16H2,1-3H3,(H,17,18). The molecule has 3 N–H and O–H groups in total. The van der Waals surface area contributed by atoms with E-state index in [2.05, 4.69) is 21.2 Å². The quantitative estimate of drug-likeness (QED) is 0.636. The number of benzene rings is 1. The number of nitrogen functional groups attached to an aromatic ring is 1. The van der Waals surface area contributed by atoms with Crippen molar-refractivity contribution in [2.24, 2.45) is 0 Å². The van der Waals surface area contributed by atoms with Gasteiger partial charge in [0.15, 0.2) is 6.10 Å². The highest BCUT2D eigenvalue weighted by Gasteiger charge is 2.20. The van der Waals surface area contributed by atoms with Gasteiger partial charge in [-0.15, -0.1) is 0 Å². The van der Waals surface area contributed by atoms with Crippen LogP contribution >= 0.6 is 15.9 Å². The number of hydrogen-bond acceptors (Lipinski definition) is 4. The van der Waals surface area contributed by atoms with Crippen molar-refractivity contribution >= 4 is 33.5 Å². The Labute approximate surface area is 127 Å². The molecule has 0 fully saturated rings. The van der Waals surface area contributed by atoms with Crippen LogP contribution in [0, 0.1) is 0 Å². The van der Waals surface area contributed by atoms with Crippen molar-refractivity contribution in [1.82, 2.24) is 5.32 Å². The third-order valence-electron chi connectivity index (χ3n) is 2.81. The molecule has 20 heavy (non-hydrogen) atoms. The van der Waals surface area contributed by atoms with Gasteiger partial charge in [-0.05, 0) is 38.5 Å². The second kappa shape index (κ2) is 7.28. The van der Waals surface area contributed by atoms with Gasteiger partial charge in [-0.3, -0.25) is 4.79 Å². The summed E-state index contributed by atoms with van der Waals surface area (Å²) in [5.41, 5.74) is 6.41. The Morgan fingerprint density at radius 2 is 2.00 bits per heavy atom. The summed E-state index contributed by atoms with van der Waals surface area (Å²) in [7, 11) is 0. The van der Waals surface area contributed by atoms with Crippen LogP contribution in [-0.4, -0.2) is 24.0 Å². The van der Waals surface area contributed by atoms with Crippen LogP contribution in [0.25, 0.3) is 0 Å². The van der Waals surface area contributed by atoms with E-state index in [0.29, 0.717) is 15.7 Å². The number of carbonyl (C=O) groups is 2. The van der Waals surface area contributed by atoms with Crippen molar-refractivity contribution < 1.29 is 14.3 Å². The Balaban J connectivity index is 2.67. The molecule has 0 radical (unpaired) electrons. The molecule has 1 rings (SSSR count). The van der Waals surface area contributed by atoms with Gasteiger partial charge >= 0.3 is 5.97 Å². The molecule has 5 nitrogen and oxygen atoms in total. The predicted molar refractivity (Wildman–Crippen MR) is 81.3 cm³/mol. The maximum Gasteiger partial charge on any atom is 0.339 e. The van der Waals surface area contributed by atoms with E-state index in [1.807, 2.05) is 13.8 Å². The molecular formula is C14H19BrN2O3. The number of hydrogen-bond donors (Lipinski definition) is 2. The molecule has 2 unspecified atom stereocenters. The molecule has 2 atom stereocenters. The summed E-state index contributed by atoms with van der Waals surface area (Å²) in [5.74, 6) is -0.888. The van der Waals surface area contributed by atoms with Crippen molar-refractivity contribution in [2.45, 2.75) is 39.3 Å². The summed E-state index contributed by atoms with van der Waals surface area (Å²) in [5, 5.41) is 2.76. The van der Waals surface area contributed by atoms with Crippen LogP contribution in [0.5, 0.6) is 0 Å². The smallest absolute Gasteiger partial charge is 0.339 e. The normalized spacial score (nSPS) is 13.4. The summed E-state index contributed by atoms with van der Waals surface area (Å²) in [6, 6.07) is 4.82. The van der Waals surface area contributed by atoms with Gasteiger partial charge in [-0.25, -0.2) is 4.79 Å². The number of amides is 1. The van der Waals surface area contributed by atoms with Crippen molar-refractivity contribution in [2.75, 3.05) is 5.73 Å². The zero-order chi connectivity index (χ0) is 15.3. The first-order chi connectivity index (χ1) is 9.33. The first kappa shape index (κ1) is 16.5. The monoisotopic (exact) mass is 342 g/mol. The SMILES string of the molecule is CCC(C)NC(=O)C(C)OC(=O)c1cc(N)cc(Br)c1. The zero-order valence-electron chi connectivity index (χ0n) is 11.8. The number of nitrogens with two attached hydrogens (primary N) is 1. The highest BCUT2D eigenvalue weighted by Crippen LogP contribution is 2.18. The van der Waals surface area contributed by atoms with Crippen LogP contribution < -0.4 is 11.1 Å². The minimum absolute atomic E-state index is 0.0465. The summed E-state index contributed by atoms with van der Waals surface area (Å²) >= 11 is 3.25. The molecule has 0 aromatic heterocycles. The molecule has 0 heterocycles. The van der Waals surface area contributed by atoms with Crippen LogP contribution in [0.15, 0.2) is 22.7 Å². The fraction of sp³-hybridized carbons (Fsp3) is 0.429. The van der Waals surface area contributed by atoms with Gasteiger partial charge in [0.25, 0.3) is 5.91 Å². The van der Waals surface area contributed by atoms with E-state index in [1.54, 1.807) is 12.1 Å². The lowest BCUT2D eigenvalue weighted by Gasteiger charge is -2.17. The first-order valence-corrected chi connectivity index (χ1v) is 7.20. The molecule has 0 bridgehead atoms. The van der Waals surface area contributed by atoms with Gasteiger partial charge in [-0.2, -0.15) is 0 Å². The van der Waals surface area contributed by atoms with Crippen LogP contribution in [0.1, 0.15) is 37.6 Å². The highest BCUT2D eigenvalue weighted by molar-refractivity contribution is 9.10. The minimum Gasteiger partial charge on any atom is -0.449 e. The van der Waals surface area contributed by atoms with E-state index in [4.69, 9.17) is 10.5 Å². The average Bonchev–Trinajstić information content (AvgIpc) is 2.37. The maximum absolute atomic E-state index is 11.9. The van der Waals surface area contributed by atoms with Gasteiger partial charge in [0.1, 0.15) is 0 Å². The van der Waals surface area contributed by atoms with E-state index in [-0.39, 0.29) is 11.9 Å². The third kappa shape index (κ3) is 4.85. The predicted octanol–water partition coefficient (Wildman–Crippen LogP) is 2.49. The fourth-order valence-electron chi connectivity index (χ4n) is 1.47. The lowest BCUT2D eigenvalue weighted by molar-refractivity contribution is -0.129. The second-order valence-corrected chi connectivity index (χ2v) is 5.55. The number of ether oxygens (including phenoxy) is 1. The van der Waals surface area contributed by atoms with Crippen LogP contribution in [0.4, 0.5) is 5.69 Å². The number of nitrogens with one attached hydrogen (secondary N) is 1. The van der Waals surface area contributed by atoms with E-state index >= 15 is 0 Å². The third-order valence-corrected chi connectivity index (χ3v) is 3.27. The minimum atomic E-state index is -0.850. The average molecular weight is 343 g/mol. The van der Waals surface area contributed by atoms with Crippen molar-refractivity contribution in [3.8, 4) is 0 Å².